The Hall–Kier alpha value is -2.06. The van der Waals surface area contributed by atoms with Crippen molar-refractivity contribution >= 4 is 21.4 Å². The number of anilines is 2. The van der Waals surface area contributed by atoms with Gasteiger partial charge in [0.05, 0.1) is 17.9 Å². The lowest BCUT2D eigenvalue weighted by Crippen LogP contribution is -2.20. The molecule has 0 radical (unpaired) electrons. The van der Waals surface area contributed by atoms with Crippen molar-refractivity contribution in [3.63, 3.8) is 0 Å². The van der Waals surface area contributed by atoms with Crippen LogP contribution in [0.25, 0.3) is 0 Å². The van der Waals surface area contributed by atoms with Crippen molar-refractivity contribution in [3.05, 3.63) is 36.2 Å². The van der Waals surface area contributed by atoms with Gasteiger partial charge in [0, 0.05) is 18.9 Å². The van der Waals surface area contributed by atoms with Gasteiger partial charge < -0.3 is 11.1 Å². The average Bonchev–Trinajstić information content (AvgIpc) is 2.81. The molecule has 2 aromatic rings. The second-order valence-electron chi connectivity index (χ2n) is 4.26. The highest BCUT2D eigenvalue weighted by molar-refractivity contribution is 7.89. The summed E-state index contributed by atoms with van der Waals surface area (Å²) in [6.07, 6.45) is 1.72. The fourth-order valence-corrected chi connectivity index (χ4v) is 2.62. The van der Waals surface area contributed by atoms with Crippen LogP contribution in [-0.2, 0) is 23.6 Å². The Bertz CT molecular complexity index is 708. The van der Waals surface area contributed by atoms with E-state index in [0.29, 0.717) is 6.54 Å². The lowest BCUT2D eigenvalue weighted by atomic mass is 10.2. The fraction of sp³-hybridized carbons (Fsp3) is 0.250. The van der Waals surface area contributed by atoms with E-state index in [9.17, 15) is 8.42 Å². The molecule has 1 aromatic carbocycles. The first-order valence-corrected chi connectivity index (χ1v) is 7.46. The standard InChI is InChI=1S/C12H17N5O2S/c1-14-20(18,19)12-4-3-9(7-11(12)13)15-8-10-5-6-16-17(10)2/h3-7,14-15H,8,13H2,1-2H3. The second kappa shape index (κ2) is 5.51. The maximum absolute atomic E-state index is 11.7. The average molecular weight is 295 g/mol. The number of benzene rings is 1. The predicted molar refractivity (Wildman–Crippen MR) is 77.6 cm³/mol. The van der Waals surface area contributed by atoms with Gasteiger partial charge in [-0.25, -0.2) is 13.1 Å². The Kier molecular flexibility index (Phi) is 3.96. The molecule has 0 unspecified atom stereocenters. The van der Waals surface area contributed by atoms with Crippen molar-refractivity contribution in [2.75, 3.05) is 18.1 Å². The van der Waals surface area contributed by atoms with Gasteiger partial charge in [-0.1, -0.05) is 0 Å². The summed E-state index contributed by atoms with van der Waals surface area (Å²) >= 11 is 0. The molecule has 0 atom stereocenters. The zero-order valence-electron chi connectivity index (χ0n) is 11.3. The van der Waals surface area contributed by atoms with Crippen LogP contribution < -0.4 is 15.8 Å². The number of nitrogen functional groups attached to an aromatic ring is 1. The number of hydrogen-bond acceptors (Lipinski definition) is 5. The van der Waals surface area contributed by atoms with Crippen LogP contribution in [0.1, 0.15) is 5.69 Å². The van der Waals surface area contributed by atoms with Gasteiger partial charge in [-0.05, 0) is 31.3 Å². The lowest BCUT2D eigenvalue weighted by molar-refractivity contribution is 0.588. The maximum Gasteiger partial charge on any atom is 0.242 e. The molecule has 0 amide bonds. The fourth-order valence-electron chi connectivity index (χ4n) is 1.78. The minimum absolute atomic E-state index is 0.0751. The number of nitrogens with zero attached hydrogens (tertiary/aromatic N) is 2. The van der Waals surface area contributed by atoms with E-state index in [4.69, 9.17) is 5.73 Å². The molecule has 0 aliphatic heterocycles. The Balaban J connectivity index is 2.16. The topological polar surface area (TPSA) is 102 Å². The van der Waals surface area contributed by atoms with Gasteiger partial charge >= 0.3 is 0 Å². The van der Waals surface area contributed by atoms with Crippen LogP contribution in [0.4, 0.5) is 11.4 Å². The molecule has 0 saturated heterocycles. The van der Waals surface area contributed by atoms with Gasteiger partial charge in [0.15, 0.2) is 0 Å². The number of nitrogens with one attached hydrogen (secondary N) is 2. The first kappa shape index (κ1) is 14.4. The van der Waals surface area contributed by atoms with Crippen LogP contribution in [0.5, 0.6) is 0 Å². The molecule has 0 fully saturated rings. The SMILES string of the molecule is CNS(=O)(=O)c1ccc(NCc2ccnn2C)cc1N. The minimum atomic E-state index is -3.53. The first-order valence-electron chi connectivity index (χ1n) is 5.98. The molecule has 8 heteroatoms. The van der Waals surface area contributed by atoms with Crippen molar-refractivity contribution < 1.29 is 8.42 Å². The lowest BCUT2D eigenvalue weighted by Gasteiger charge is -2.10. The van der Waals surface area contributed by atoms with Gasteiger partial charge in [-0.3, -0.25) is 4.68 Å². The molecule has 1 aromatic heterocycles. The third-order valence-corrected chi connectivity index (χ3v) is 4.45. The quantitative estimate of drug-likeness (QED) is 0.698. The van der Waals surface area contributed by atoms with Gasteiger partial charge in [0.25, 0.3) is 0 Å². The van der Waals surface area contributed by atoms with Crippen molar-refractivity contribution in [2.24, 2.45) is 7.05 Å². The molecule has 0 spiro atoms. The van der Waals surface area contributed by atoms with Crippen molar-refractivity contribution in [1.29, 1.82) is 0 Å². The van der Waals surface area contributed by atoms with Crippen molar-refractivity contribution in [2.45, 2.75) is 11.4 Å². The zero-order chi connectivity index (χ0) is 14.8. The van der Waals surface area contributed by atoms with Gasteiger partial charge in [-0.2, -0.15) is 5.10 Å². The highest BCUT2D eigenvalue weighted by Crippen LogP contribution is 2.22. The molecule has 108 valence electrons. The summed E-state index contributed by atoms with van der Waals surface area (Å²) < 4.78 is 27.4. The molecular formula is C12H17N5O2S. The maximum atomic E-state index is 11.7. The highest BCUT2D eigenvalue weighted by atomic mass is 32.2. The number of hydrogen-bond donors (Lipinski definition) is 3. The van der Waals surface area contributed by atoms with Crippen LogP contribution >= 0.6 is 0 Å². The summed E-state index contributed by atoms with van der Waals surface area (Å²) in [5, 5.41) is 7.24. The Labute approximate surface area is 117 Å². The van der Waals surface area contributed by atoms with Crippen molar-refractivity contribution in [3.8, 4) is 0 Å². The van der Waals surface area contributed by atoms with E-state index in [1.54, 1.807) is 23.0 Å². The third kappa shape index (κ3) is 2.91. The zero-order valence-corrected chi connectivity index (χ0v) is 12.1. The van der Waals surface area contributed by atoms with Crippen molar-refractivity contribution in [1.82, 2.24) is 14.5 Å². The summed E-state index contributed by atoms with van der Waals surface area (Å²) in [7, 11) is -0.322. The Morgan fingerprint density at radius 2 is 2.10 bits per heavy atom. The summed E-state index contributed by atoms with van der Waals surface area (Å²) in [4.78, 5) is 0.0751. The number of aryl methyl sites for hydroxylation is 1. The highest BCUT2D eigenvalue weighted by Gasteiger charge is 2.15. The van der Waals surface area contributed by atoms with Crippen LogP contribution in [0.15, 0.2) is 35.4 Å². The van der Waals surface area contributed by atoms with Gasteiger partial charge in [0.2, 0.25) is 10.0 Å². The summed E-state index contributed by atoms with van der Waals surface area (Å²) in [5.41, 5.74) is 7.75. The number of rotatable bonds is 5. The molecule has 20 heavy (non-hydrogen) atoms. The van der Waals surface area contributed by atoms with Crippen LogP contribution in [0.3, 0.4) is 0 Å². The van der Waals surface area contributed by atoms with E-state index in [2.05, 4.69) is 15.1 Å². The summed E-state index contributed by atoms with van der Waals surface area (Å²) in [5.74, 6) is 0. The third-order valence-electron chi connectivity index (χ3n) is 2.96. The monoisotopic (exact) mass is 295 g/mol. The van der Waals surface area contributed by atoms with E-state index in [1.807, 2.05) is 13.1 Å². The van der Waals surface area contributed by atoms with Crippen LogP contribution in [0, 0.1) is 0 Å². The molecule has 0 bridgehead atoms. The molecule has 0 aliphatic carbocycles. The summed E-state index contributed by atoms with van der Waals surface area (Å²) in [6.45, 7) is 0.577. The van der Waals surface area contributed by atoms with Crippen LogP contribution in [0.2, 0.25) is 0 Å². The Morgan fingerprint density at radius 1 is 1.35 bits per heavy atom. The Morgan fingerprint density at radius 3 is 2.65 bits per heavy atom. The second-order valence-corrected chi connectivity index (χ2v) is 6.11. The van der Waals surface area contributed by atoms with E-state index in [1.165, 1.54) is 13.1 Å². The van der Waals surface area contributed by atoms with Gasteiger partial charge in [-0.15, -0.1) is 0 Å². The van der Waals surface area contributed by atoms with E-state index < -0.39 is 10.0 Å². The molecular weight excluding hydrogens is 278 g/mol. The molecule has 7 nitrogen and oxygen atoms in total. The summed E-state index contributed by atoms with van der Waals surface area (Å²) in [6, 6.07) is 6.65. The largest absolute Gasteiger partial charge is 0.398 e. The van der Waals surface area contributed by atoms with Crippen LogP contribution in [-0.4, -0.2) is 25.2 Å². The number of sulfonamides is 1. The van der Waals surface area contributed by atoms with E-state index in [0.717, 1.165) is 11.4 Å². The minimum Gasteiger partial charge on any atom is -0.398 e. The molecule has 0 aliphatic rings. The molecule has 2 rings (SSSR count). The predicted octanol–water partition coefficient (Wildman–Crippen LogP) is 0.522. The van der Waals surface area contributed by atoms with Gasteiger partial charge in [0.1, 0.15) is 4.90 Å². The molecule has 1 heterocycles. The number of aromatic nitrogens is 2. The smallest absolute Gasteiger partial charge is 0.242 e. The van der Waals surface area contributed by atoms with E-state index >= 15 is 0 Å². The molecule has 0 saturated carbocycles. The molecule has 4 N–H and O–H groups in total. The van der Waals surface area contributed by atoms with E-state index in [-0.39, 0.29) is 10.6 Å². The number of nitrogens with two attached hydrogens (primary N) is 1. The first-order chi connectivity index (χ1) is 9.44. The normalized spacial score (nSPS) is 11.5.